The first-order chi connectivity index (χ1) is 13.6. The summed E-state index contributed by atoms with van der Waals surface area (Å²) >= 11 is 1.56. The summed E-state index contributed by atoms with van der Waals surface area (Å²) in [7, 11) is 1.61. The molecule has 0 saturated heterocycles. The maximum absolute atomic E-state index is 11.4. The number of thiophene rings is 1. The first kappa shape index (κ1) is 16.9. The number of rotatable bonds is 4. The molecule has 0 amide bonds. The van der Waals surface area contributed by atoms with E-state index in [0.29, 0.717) is 30.8 Å². The standard InChI is InChI=1S/C19H17N5O3S/c1-27-14-8-24-11(4-5-22-24)7-13(14)23-17-16-12-3-2-10(19(25)26)6-15(12)28-18(16)21-9-20-17/h4-5,7-10H,2-3,6H2,1H3,(H,25,26)(H,20,21,23). The number of anilines is 2. The van der Waals surface area contributed by atoms with E-state index in [-0.39, 0.29) is 5.92 Å². The van der Waals surface area contributed by atoms with Crippen LogP contribution < -0.4 is 10.1 Å². The van der Waals surface area contributed by atoms with Gasteiger partial charge in [0, 0.05) is 11.1 Å². The second kappa shape index (κ2) is 6.45. The molecule has 5 rings (SSSR count). The maximum Gasteiger partial charge on any atom is 0.306 e. The fourth-order valence-electron chi connectivity index (χ4n) is 3.75. The average molecular weight is 395 g/mol. The Balaban J connectivity index is 1.60. The number of aliphatic carboxylic acids is 1. The van der Waals surface area contributed by atoms with Crippen molar-refractivity contribution in [2.45, 2.75) is 19.3 Å². The average Bonchev–Trinajstić information content (AvgIpc) is 3.30. The summed E-state index contributed by atoms with van der Waals surface area (Å²) in [5.41, 5.74) is 2.88. The van der Waals surface area contributed by atoms with Crippen molar-refractivity contribution in [1.29, 1.82) is 0 Å². The Morgan fingerprint density at radius 3 is 3.14 bits per heavy atom. The van der Waals surface area contributed by atoms with Gasteiger partial charge in [-0.1, -0.05) is 0 Å². The molecule has 28 heavy (non-hydrogen) atoms. The Hall–Kier alpha value is -3.20. The summed E-state index contributed by atoms with van der Waals surface area (Å²) in [6, 6.07) is 3.87. The second-order valence-corrected chi connectivity index (χ2v) is 7.85. The van der Waals surface area contributed by atoms with Gasteiger partial charge in [0.1, 0.15) is 17.0 Å². The third-order valence-electron chi connectivity index (χ3n) is 5.17. The molecule has 1 atom stereocenters. The Morgan fingerprint density at radius 2 is 2.32 bits per heavy atom. The Labute approximate surface area is 163 Å². The van der Waals surface area contributed by atoms with Crippen LogP contribution in [0.5, 0.6) is 5.75 Å². The van der Waals surface area contributed by atoms with Gasteiger partial charge in [-0.3, -0.25) is 4.79 Å². The number of nitrogens with one attached hydrogen (secondary N) is 1. The van der Waals surface area contributed by atoms with Gasteiger partial charge in [-0.25, -0.2) is 14.5 Å². The molecule has 0 bridgehead atoms. The van der Waals surface area contributed by atoms with Gasteiger partial charge in [0.15, 0.2) is 5.75 Å². The topological polar surface area (TPSA) is 102 Å². The zero-order chi connectivity index (χ0) is 19.3. The van der Waals surface area contributed by atoms with Crippen LogP contribution >= 0.6 is 11.3 Å². The summed E-state index contributed by atoms with van der Waals surface area (Å²) in [5, 5.41) is 18.0. The molecule has 8 nitrogen and oxygen atoms in total. The quantitative estimate of drug-likeness (QED) is 0.547. The fraction of sp³-hybridized carbons (Fsp3) is 0.263. The number of hydrogen-bond acceptors (Lipinski definition) is 7. The molecule has 1 unspecified atom stereocenters. The van der Waals surface area contributed by atoms with E-state index in [2.05, 4.69) is 20.4 Å². The molecule has 4 aromatic rings. The zero-order valence-electron chi connectivity index (χ0n) is 15.0. The molecule has 1 aliphatic carbocycles. The third kappa shape index (κ3) is 2.66. The second-order valence-electron chi connectivity index (χ2n) is 6.77. The highest BCUT2D eigenvalue weighted by atomic mass is 32.1. The van der Waals surface area contributed by atoms with Crippen molar-refractivity contribution in [3.05, 3.63) is 41.3 Å². The number of aryl methyl sites for hydroxylation is 1. The number of nitrogens with zero attached hydrogens (tertiary/aromatic N) is 4. The lowest BCUT2D eigenvalue weighted by Gasteiger charge is -2.19. The van der Waals surface area contributed by atoms with Crippen molar-refractivity contribution in [1.82, 2.24) is 19.6 Å². The van der Waals surface area contributed by atoms with Crippen LogP contribution in [-0.4, -0.2) is 37.8 Å². The predicted molar refractivity (Wildman–Crippen MR) is 106 cm³/mol. The first-order valence-corrected chi connectivity index (χ1v) is 9.72. The number of ether oxygens (including phenoxy) is 1. The number of fused-ring (bicyclic) bond motifs is 4. The van der Waals surface area contributed by atoms with Gasteiger partial charge in [0.25, 0.3) is 0 Å². The molecular formula is C19H17N5O3S. The van der Waals surface area contributed by atoms with Crippen molar-refractivity contribution in [2.24, 2.45) is 5.92 Å². The summed E-state index contributed by atoms with van der Waals surface area (Å²) in [6.07, 6.45) is 6.98. The van der Waals surface area contributed by atoms with Crippen LogP contribution in [0.15, 0.2) is 30.9 Å². The first-order valence-electron chi connectivity index (χ1n) is 8.90. The van der Waals surface area contributed by atoms with Crippen molar-refractivity contribution < 1.29 is 14.6 Å². The van der Waals surface area contributed by atoms with Crippen LogP contribution in [0.2, 0.25) is 0 Å². The van der Waals surface area contributed by atoms with Crippen molar-refractivity contribution in [2.75, 3.05) is 12.4 Å². The molecule has 9 heteroatoms. The van der Waals surface area contributed by atoms with Gasteiger partial charge in [0.2, 0.25) is 0 Å². The smallest absolute Gasteiger partial charge is 0.306 e. The lowest BCUT2D eigenvalue weighted by molar-refractivity contribution is -0.142. The molecule has 0 radical (unpaired) electrons. The fourth-order valence-corrected chi connectivity index (χ4v) is 5.02. The van der Waals surface area contributed by atoms with Gasteiger partial charge < -0.3 is 15.2 Å². The lowest BCUT2D eigenvalue weighted by atomic mass is 9.88. The Bertz CT molecular complexity index is 1220. The van der Waals surface area contributed by atoms with E-state index in [1.165, 1.54) is 6.33 Å². The lowest BCUT2D eigenvalue weighted by Crippen LogP contribution is -2.21. The van der Waals surface area contributed by atoms with E-state index in [1.807, 2.05) is 18.3 Å². The van der Waals surface area contributed by atoms with E-state index in [1.54, 1.807) is 29.2 Å². The van der Waals surface area contributed by atoms with Crippen molar-refractivity contribution in [3.63, 3.8) is 0 Å². The summed E-state index contributed by atoms with van der Waals surface area (Å²) in [4.78, 5) is 22.2. The predicted octanol–water partition coefficient (Wildman–Crippen LogP) is 3.28. The van der Waals surface area contributed by atoms with E-state index in [4.69, 9.17) is 4.74 Å². The van der Waals surface area contributed by atoms with Gasteiger partial charge in [0.05, 0.1) is 35.8 Å². The van der Waals surface area contributed by atoms with Gasteiger partial charge >= 0.3 is 5.97 Å². The van der Waals surface area contributed by atoms with E-state index < -0.39 is 5.97 Å². The number of carbonyl (C=O) groups is 1. The number of aromatic nitrogens is 4. The molecule has 0 spiro atoms. The van der Waals surface area contributed by atoms with Crippen molar-refractivity contribution in [3.8, 4) is 5.75 Å². The number of carboxylic acid groups (broad SMARTS) is 1. The molecule has 2 N–H and O–H groups in total. The molecule has 0 aromatic carbocycles. The SMILES string of the molecule is COc1cn2nccc2cc1Nc1ncnc2sc3c(c12)CCC(C(=O)O)C3. The minimum absolute atomic E-state index is 0.325. The largest absolute Gasteiger partial charge is 0.493 e. The maximum atomic E-state index is 11.4. The zero-order valence-corrected chi connectivity index (χ0v) is 15.9. The molecule has 4 heterocycles. The van der Waals surface area contributed by atoms with Crippen LogP contribution in [0.3, 0.4) is 0 Å². The molecule has 0 aliphatic heterocycles. The van der Waals surface area contributed by atoms with E-state index in [9.17, 15) is 9.90 Å². The van der Waals surface area contributed by atoms with Gasteiger partial charge in [-0.05, 0) is 37.0 Å². The highest BCUT2D eigenvalue weighted by Crippen LogP contribution is 2.41. The van der Waals surface area contributed by atoms with Crippen LogP contribution in [0.1, 0.15) is 16.9 Å². The Morgan fingerprint density at radius 1 is 1.43 bits per heavy atom. The number of carboxylic acids is 1. The molecule has 142 valence electrons. The van der Waals surface area contributed by atoms with Gasteiger partial charge in [-0.2, -0.15) is 5.10 Å². The normalized spacial score (nSPS) is 16.2. The Kier molecular flexibility index (Phi) is 3.90. The number of hydrogen-bond donors (Lipinski definition) is 2. The molecular weight excluding hydrogens is 378 g/mol. The third-order valence-corrected chi connectivity index (χ3v) is 6.33. The monoisotopic (exact) mass is 395 g/mol. The molecule has 0 fully saturated rings. The minimum Gasteiger partial charge on any atom is -0.493 e. The highest BCUT2D eigenvalue weighted by molar-refractivity contribution is 7.19. The molecule has 4 aromatic heterocycles. The van der Waals surface area contributed by atoms with Crippen LogP contribution in [0.4, 0.5) is 11.5 Å². The summed E-state index contributed by atoms with van der Waals surface area (Å²) < 4.78 is 7.26. The molecule has 1 aliphatic rings. The molecule has 0 saturated carbocycles. The van der Waals surface area contributed by atoms with Gasteiger partial charge in [-0.15, -0.1) is 11.3 Å². The van der Waals surface area contributed by atoms with E-state index >= 15 is 0 Å². The van der Waals surface area contributed by atoms with E-state index in [0.717, 1.165) is 31.9 Å². The summed E-state index contributed by atoms with van der Waals surface area (Å²) in [6.45, 7) is 0. The minimum atomic E-state index is -0.730. The highest BCUT2D eigenvalue weighted by Gasteiger charge is 2.29. The van der Waals surface area contributed by atoms with Crippen LogP contribution in [0.25, 0.3) is 15.7 Å². The van der Waals surface area contributed by atoms with Crippen molar-refractivity contribution >= 4 is 44.5 Å². The summed E-state index contributed by atoms with van der Waals surface area (Å²) in [5.74, 6) is 0.303. The number of pyridine rings is 1. The van der Waals surface area contributed by atoms with Crippen LogP contribution in [0, 0.1) is 5.92 Å². The number of methoxy groups -OCH3 is 1. The van der Waals surface area contributed by atoms with Crippen LogP contribution in [-0.2, 0) is 17.6 Å².